The molecule has 0 aliphatic rings. The standard InChI is InChI=1S/C16H15F2NO2/c17-14-9-8-12(11-15(14)18)19-16(20)7-4-10-21-13-5-2-1-3-6-13/h1-3,5-6,8-9,11H,4,7,10H2,(H,19,20). The molecule has 0 aliphatic carbocycles. The Kier molecular flexibility index (Phi) is 5.26. The first-order valence-corrected chi connectivity index (χ1v) is 6.58. The van der Waals surface area contributed by atoms with E-state index in [1.165, 1.54) is 6.07 Å². The Morgan fingerprint density at radius 2 is 1.81 bits per heavy atom. The van der Waals surface area contributed by atoms with Gasteiger partial charge in [0.05, 0.1) is 6.61 Å². The third-order valence-corrected chi connectivity index (χ3v) is 2.76. The number of benzene rings is 2. The molecule has 0 radical (unpaired) electrons. The van der Waals surface area contributed by atoms with E-state index in [-0.39, 0.29) is 18.0 Å². The summed E-state index contributed by atoms with van der Waals surface area (Å²) in [7, 11) is 0. The number of anilines is 1. The van der Waals surface area contributed by atoms with Crippen molar-refractivity contribution < 1.29 is 18.3 Å². The molecule has 0 atom stereocenters. The number of hydrogen-bond acceptors (Lipinski definition) is 2. The molecule has 0 aromatic heterocycles. The Labute approximate surface area is 121 Å². The molecule has 3 nitrogen and oxygen atoms in total. The second-order valence-corrected chi connectivity index (χ2v) is 4.44. The topological polar surface area (TPSA) is 38.3 Å². The normalized spacial score (nSPS) is 10.2. The lowest BCUT2D eigenvalue weighted by molar-refractivity contribution is -0.116. The van der Waals surface area contributed by atoms with Crippen molar-refractivity contribution in [2.45, 2.75) is 12.8 Å². The number of para-hydroxylation sites is 1. The summed E-state index contributed by atoms with van der Waals surface area (Å²) in [5.74, 6) is -1.44. The summed E-state index contributed by atoms with van der Waals surface area (Å²) in [6.07, 6.45) is 0.774. The van der Waals surface area contributed by atoms with E-state index in [0.717, 1.165) is 17.9 Å². The van der Waals surface area contributed by atoms with E-state index in [1.807, 2.05) is 30.3 Å². The minimum absolute atomic E-state index is 0.239. The Bertz CT molecular complexity index is 602. The third-order valence-electron chi connectivity index (χ3n) is 2.76. The molecule has 1 amide bonds. The minimum Gasteiger partial charge on any atom is -0.494 e. The second-order valence-electron chi connectivity index (χ2n) is 4.44. The van der Waals surface area contributed by atoms with E-state index in [9.17, 15) is 13.6 Å². The molecule has 1 N–H and O–H groups in total. The van der Waals surface area contributed by atoms with E-state index in [0.29, 0.717) is 13.0 Å². The zero-order chi connectivity index (χ0) is 15.1. The SMILES string of the molecule is O=C(CCCOc1ccccc1)Nc1ccc(F)c(F)c1. The first kappa shape index (κ1) is 15.0. The molecule has 0 fully saturated rings. The van der Waals surface area contributed by atoms with Gasteiger partial charge in [-0.05, 0) is 30.7 Å². The smallest absolute Gasteiger partial charge is 0.224 e. The van der Waals surface area contributed by atoms with Gasteiger partial charge in [-0.15, -0.1) is 0 Å². The van der Waals surface area contributed by atoms with Crippen LogP contribution in [-0.2, 0) is 4.79 Å². The van der Waals surface area contributed by atoms with E-state index in [1.54, 1.807) is 0 Å². The molecular formula is C16H15F2NO2. The molecule has 0 spiro atoms. The molecule has 0 heterocycles. The van der Waals surface area contributed by atoms with Crippen molar-refractivity contribution in [2.24, 2.45) is 0 Å². The fourth-order valence-corrected chi connectivity index (χ4v) is 1.74. The van der Waals surface area contributed by atoms with Crippen molar-refractivity contribution in [2.75, 3.05) is 11.9 Å². The van der Waals surface area contributed by atoms with Gasteiger partial charge in [0.1, 0.15) is 5.75 Å². The van der Waals surface area contributed by atoms with Crippen molar-refractivity contribution in [3.63, 3.8) is 0 Å². The highest BCUT2D eigenvalue weighted by atomic mass is 19.2. The Morgan fingerprint density at radius 1 is 1.05 bits per heavy atom. The van der Waals surface area contributed by atoms with Gasteiger partial charge < -0.3 is 10.1 Å². The third kappa shape index (κ3) is 4.87. The molecule has 2 rings (SSSR count). The van der Waals surface area contributed by atoms with E-state index in [4.69, 9.17) is 4.74 Å². The van der Waals surface area contributed by atoms with Gasteiger partial charge in [-0.1, -0.05) is 18.2 Å². The van der Waals surface area contributed by atoms with Gasteiger partial charge in [0.15, 0.2) is 11.6 Å². The fraction of sp³-hybridized carbons (Fsp3) is 0.188. The number of amides is 1. The van der Waals surface area contributed by atoms with Gasteiger partial charge in [-0.25, -0.2) is 8.78 Å². The zero-order valence-corrected chi connectivity index (χ0v) is 11.3. The minimum atomic E-state index is -0.986. The summed E-state index contributed by atoms with van der Waals surface area (Å²) >= 11 is 0. The lowest BCUT2D eigenvalue weighted by Crippen LogP contribution is -2.13. The van der Waals surface area contributed by atoms with E-state index < -0.39 is 11.6 Å². The molecule has 0 bridgehead atoms. The number of halogens is 2. The molecule has 0 saturated carbocycles. The summed E-state index contributed by atoms with van der Waals surface area (Å²) in [5, 5.41) is 2.51. The first-order chi connectivity index (χ1) is 10.1. The molecule has 2 aromatic rings. The molecule has 21 heavy (non-hydrogen) atoms. The first-order valence-electron chi connectivity index (χ1n) is 6.58. The molecule has 0 unspecified atom stereocenters. The van der Waals surface area contributed by atoms with Gasteiger partial charge in [0.2, 0.25) is 5.91 Å². The van der Waals surface area contributed by atoms with E-state index >= 15 is 0 Å². The van der Waals surface area contributed by atoms with Crippen LogP contribution in [0.2, 0.25) is 0 Å². The van der Waals surface area contributed by atoms with Gasteiger partial charge in [0.25, 0.3) is 0 Å². The second kappa shape index (κ2) is 7.38. The van der Waals surface area contributed by atoms with Crippen LogP contribution in [0.5, 0.6) is 5.75 Å². The summed E-state index contributed by atoms with van der Waals surface area (Å²) < 4.78 is 31.2. The lowest BCUT2D eigenvalue weighted by atomic mass is 10.2. The number of hydrogen-bond donors (Lipinski definition) is 1. The van der Waals surface area contributed by atoms with Crippen LogP contribution in [0, 0.1) is 11.6 Å². The number of carbonyl (C=O) groups excluding carboxylic acids is 1. The number of ether oxygens (including phenoxy) is 1. The molecule has 0 aliphatic heterocycles. The molecule has 5 heteroatoms. The van der Waals surface area contributed by atoms with Crippen LogP contribution >= 0.6 is 0 Å². The predicted octanol–water partition coefficient (Wildman–Crippen LogP) is 3.76. The highest BCUT2D eigenvalue weighted by molar-refractivity contribution is 5.90. The van der Waals surface area contributed by atoms with Crippen molar-refractivity contribution >= 4 is 11.6 Å². The van der Waals surface area contributed by atoms with Crippen LogP contribution in [0.1, 0.15) is 12.8 Å². The van der Waals surface area contributed by atoms with Crippen molar-refractivity contribution in [3.05, 3.63) is 60.2 Å². The summed E-state index contributed by atoms with van der Waals surface area (Å²) in [6, 6.07) is 12.5. The monoisotopic (exact) mass is 291 g/mol. The summed E-state index contributed by atoms with van der Waals surface area (Å²) in [6.45, 7) is 0.412. The highest BCUT2D eigenvalue weighted by Gasteiger charge is 2.06. The quantitative estimate of drug-likeness (QED) is 0.823. The summed E-state index contributed by atoms with van der Waals surface area (Å²) in [5.41, 5.74) is 0.239. The number of rotatable bonds is 6. The van der Waals surface area contributed by atoms with Gasteiger partial charge in [0, 0.05) is 18.2 Å². The number of nitrogens with one attached hydrogen (secondary N) is 1. The van der Waals surface area contributed by atoms with Crippen LogP contribution in [0.25, 0.3) is 0 Å². The molecular weight excluding hydrogens is 276 g/mol. The van der Waals surface area contributed by atoms with Crippen LogP contribution in [0.4, 0.5) is 14.5 Å². The van der Waals surface area contributed by atoms with Crippen LogP contribution in [0.3, 0.4) is 0 Å². The Morgan fingerprint density at radius 3 is 2.52 bits per heavy atom. The van der Waals surface area contributed by atoms with Crippen LogP contribution in [-0.4, -0.2) is 12.5 Å². The van der Waals surface area contributed by atoms with Crippen molar-refractivity contribution in [1.29, 1.82) is 0 Å². The maximum absolute atomic E-state index is 13.0. The van der Waals surface area contributed by atoms with Gasteiger partial charge in [-0.2, -0.15) is 0 Å². The molecule has 2 aromatic carbocycles. The van der Waals surface area contributed by atoms with Crippen molar-refractivity contribution in [3.8, 4) is 5.75 Å². The Hall–Kier alpha value is -2.43. The van der Waals surface area contributed by atoms with E-state index in [2.05, 4.69) is 5.32 Å². The van der Waals surface area contributed by atoms with Gasteiger partial charge in [-0.3, -0.25) is 4.79 Å². The average Bonchev–Trinajstić information content (AvgIpc) is 2.49. The maximum Gasteiger partial charge on any atom is 0.224 e. The highest BCUT2D eigenvalue weighted by Crippen LogP contribution is 2.14. The zero-order valence-electron chi connectivity index (χ0n) is 11.3. The largest absolute Gasteiger partial charge is 0.494 e. The lowest BCUT2D eigenvalue weighted by Gasteiger charge is -2.07. The predicted molar refractivity (Wildman–Crippen MR) is 76.2 cm³/mol. The molecule has 0 saturated heterocycles. The average molecular weight is 291 g/mol. The van der Waals surface area contributed by atoms with Crippen LogP contribution in [0.15, 0.2) is 48.5 Å². The number of carbonyl (C=O) groups is 1. The fourth-order valence-electron chi connectivity index (χ4n) is 1.74. The van der Waals surface area contributed by atoms with Crippen molar-refractivity contribution in [1.82, 2.24) is 0 Å². The van der Waals surface area contributed by atoms with Gasteiger partial charge >= 0.3 is 0 Å². The Balaban J connectivity index is 1.71. The maximum atomic E-state index is 13.0. The summed E-state index contributed by atoms with van der Waals surface area (Å²) in [4.78, 5) is 11.6. The molecule has 110 valence electrons. The van der Waals surface area contributed by atoms with Crippen LogP contribution < -0.4 is 10.1 Å².